The third-order valence-corrected chi connectivity index (χ3v) is 2.87. The molecule has 1 aromatic rings. The van der Waals surface area contributed by atoms with Crippen LogP contribution in [-0.2, 0) is 4.79 Å². The third-order valence-electron chi connectivity index (χ3n) is 2.87. The van der Waals surface area contributed by atoms with Crippen molar-refractivity contribution in [3.63, 3.8) is 0 Å². The van der Waals surface area contributed by atoms with Gasteiger partial charge in [0.2, 0.25) is 5.91 Å². The summed E-state index contributed by atoms with van der Waals surface area (Å²) >= 11 is 0. The standard InChI is InChI=1S/C14H19NO2/c1-11(14(15)17)7-5-6-10-13(16)12-8-3-2-4-9-12/h2-4,8-9,11H,5-7,10H2,1H3,(H2,15,17). The summed E-state index contributed by atoms with van der Waals surface area (Å²) in [6, 6.07) is 9.28. The Kier molecular flexibility index (Phi) is 5.40. The second-order valence-electron chi connectivity index (χ2n) is 4.34. The van der Waals surface area contributed by atoms with Crippen LogP contribution >= 0.6 is 0 Å². The van der Waals surface area contributed by atoms with E-state index in [2.05, 4.69) is 0 Å². The number of rotatable bonds is 7. The summed E-state index contributed by atoms with van der Waals surface area (Å²) in [5, 5.41) is 0. The molecule has 1 atom stereocenters. The zero-order valence-electron chi connectivity index (χ0n) is 10.2. The van der Waals surface area contributed by atoms with Crippen LogP contribution in [0.3, 0.4) is 0 Å². The highest BCUT2D eigenvalue weighted by Crippen LogP contribution is 2.11. The van der Waals surface area contributed by atoms with Gasteiger partial charge < -0.3 is 5.73 Å². The number of carbonyl (C=O) groups is 2. The predicted molar refractivity (Wildman–Crippen MR) is 67.6 cm³/mol. The first-order valence-electron chi connectivity index (χ1n) is 5.99. The number of unbranched alkanes of at least 4 members (excludes halogenated alkanes) is 1. The molecule has 0 aliphatic carbocycles. The number of hydrogen-bond acceptors (Lipinski definition) is 2. The molecule has 0 bridgehead atoms. The summed E-state index contributed by atoms with van der Waals surface area (Å²) < 4.78 is 0. The van der Waals surface area contributed by atoms with Crippen molar-refractivity contribution in [2.75, 3.05) is 0 Å². The van der Waals surface area contributed by atoms with Crippen LogP contribution in [0.5, 0.6) is 0 Å². The maximum absolute atomic E-state index is 11.7. The van der Waals surface area contributed by atoms with Crippen molar-refractivity contribution < 1.29 is 9.59 Å². The molecule has 17 heavy (non-hydrogen) atoms. The van der Waals surface area contributed by atoms with E-state index in [-0.39, 0.29) is 17.6 Å². The second kappa shape index (κ2) is 6.84. The fourth-order valence-electron chi connectivity index (χ4n) is 1.65. The van der Waals surface area contributed by atoms with Gasteiger partial charge in [-0.05, 0) is 12.8 Å². The zero-order valence-corrected chi connectivity index (χ0v) is 10.2. The fraction of sp³-hybridized carbons (Fsp3) is 0.429. The fourth-order valence-corrected chi connectivity index (χ4v) is 1.65. The van der Waals surface area contributed by atoms with Gasteiger partial charge in [0.25, 0.3) is 0 Å². The van der Waals surface area contributed by atoms with Crippen LogP contribution in [0.2, 0.25) is 0 Å². The molecule has 0 aliphatic heterocycles. The number of amides is 1. The molecule has 1 unspecified atom stereocenters. The predicted octanol–water partition coefficient (Wildman–Crippen LogP) is 2.55. The summed E-state index contributed by atoms with van der Waals surface area (Å²) in [6.45, 7) is 1.82. The molecule has 1 amide bonds. The van der Waals surface area contributed by atoms with E-state index in [4.69, 9.17) is 5.73 Å². The Morgan fingerprint density at radius 1 is 1.18 bits per heavy atom. The number of nitrogens with two attached hydrogens (primary N) is 1. The molecule has 0 radical (unpaired) electrons. The van der Waals surface area contributed by atoms with E-state index in [1.807, 2.05) is 37.3 Å². The summed E-state index contributed by atoms with van der Waals surface area (Å²) in [5.74, 6) is -0.196. The summed E-state index contributed by atoms with van der Waals surface area (Å²) in [6.07, 6.45) is 2.97. The van der Waals surface area contributed by atoms with E-state index in [9.17, 15) is 9.59 Å². The van der Waals surface area contributed by atoms with E-state index in [0.29, 0.717) is 6.42 Å². The van der Waals surface area contributed by atoms with E-state index in [0.717, 1.165) is 24.8 Å². The Balaban J connectivity index is 2.24. The van der Waals surface area contributed by atoms with Crippen molar-refractivity contribution in [2.45, 2.75) is 32.6 Å². The number of hydrogen-bond donors (Lipinski definition) is 1. The minimum atomic E-state index is -0.264. The Hall–Kier alpha value is -1.64. The summed E-state index contributed by atoms with van der Waals surface area (Å²) in [5.41, 5.74) is 5.92. The molecule has 0 aliphatic rings. The van der Waals surface area contributed by atoms with Gasteiger partial charge in [-0.15, -0.1) is 0 Å². The number of ketones is 1. The quantitative estimate of drug-likeness (QED) is 0.581. The largest absolute Gasteiger partial charge is 0.369 e. The average Bonchev–Trinajstić information content (AvgIpc) is 2.35. The Morgan fingerprint density at radius 2 is 1.82 bits per heavy atom. The van der Waals surface area contributed by atoms with Gasteiger partial charge in [-0.25, -0.2) is 0 Å². The molecular formula is C14H19NO2. The van der Waals surface area contributed by atoms with Crippen molar-refractivity contribution in [1.82, 2.24) is 0 Å². The Bertz CT molecular complexity index is 373. The SMILES string of the molecule is CC(CCCCC(=O)c1ccccc1)C(N)=O. The van der Waals surface area contributed by atoms with Gasteiger partial charge in [0.05, 0.1) is 0 Å². The van der Waals surface area contributed by atoms with Gasteiger partial charge in [0.1, 0.15) is 0 Å². The first-order valence-corrected chi connectivity index (χ1v) is 5.99. The van der Waals surface area contributed by atoms with E-state index < -0.39 is 0 Å². The number of carbonyl (C=O) groups excluding carboxylic acids is 2. The Labute approximate surface area is 102 Å². The average molecular weight is 233 g/mol. The maximum Gasteiger partial charge on any atom is 0.220 e. The number of Topliss-reactive ketones (excluding diaryl/α,β-unsaturated/α-hetero) is 1. The lowest BCUT2D eigenvalue weighted by Gasteiger charge is -2.06. The highest BCUT2D eigenvalue weighted by molar-refractivity contribution is 5.95. The smallest absolute Gasteiger partial charge is 0.220 e. The third kappa shape index (κ3) is 4.81. The molecule has 0 aromatic heterocycles. The van der Waals surface area contributed by atoms with Crippen LogP contribution in [-0.4, -0.2) is 11.7 Å². The normalized spacial score (nSPS) is 12.1. The molecule has 0 saturated heterocycles. The van der Waals surface area contributed by atoms with Crippen molar-refractivity contribution in [2.24, 2.45) is 11.7 Å². The lowest BCUT2D eigenvalue weighted by Crippen LogP contribution is -2.20. The molecule has 0 spiro atoms. The van der Waals surface area contributed by atoms with Crippen LogP contribution in [0.25, 0.3) is 0 Å². The highest BCUT2D eigenvalue weighted by Gasteiger charge is 2.09. The summed E-state index contributed by atoms with van der Waals surface area (Å²) in [4.78, 5) is 22.5. The number of primary amides is 1. The van der Waals surface area contributed by atoms with E-state index >= 15 is 0 Å². The molecule has 0 saturated carbocycles. The van der Waals surface area contributed by atoms with Crippen LogP contribution in [0.15, 0.2) is 30.3 Å². The van der Waals surface area contributed by atoms with Crippen molar-refractivity contribution in [1.29, 1.82) is 0 Å². The monoisotopic (exact) mass is 233 g/mol. The van der Waals surface area contributed by atoms with Crippen molar-refractivity contribution in [3.8, 4) is 0 Å². The van der Waals surface area contributed by atoms with Crippen LogP contribution in [0, 0.1) is 5.92 Å². The van der Waals surface area contributed by atoms with Crippen LogP contribution in [0.1, 0.15) is 43.0 Å². The molecule has 3 nitrogen and oxygen atoms in total. The summed E-state index contributed by atoms with van der Waals surface area (Å²) in [7, 11) is 0. The van der Waals surface area contributed by atoms with Crippen molar-refractivity contribution >= 4 is 11.7 Å². The van der Waals surface area contributed by atoms with E-state index in [1.165, 1.54) is 0 Å². The zero-order chi connectivity index (χ0) is 12.7. The molecule has 1 rings (SSSR count). The lowest BCUT2D eigenvalue weighted by molar-refractivity contribution is -0.121. The van der Waals surface area contributed by atoms with Gasteiger partial charge in [0, 0.05) is 17.9 Å². The first kappa shape index (κ1) is 13.4. The molecule has 3 heteroatoms. The topological polar surface area (TPSA) is 60.2 Å². The molecular weight excluding hydrogens is 214 g/mol. The molecule has 0 fully saturated rings. The minimum absolute atomic E-state index is 0.0955. The first-order chi connectivity index (χ1) is 8.11. The van der Waals surface area contributed by atoms with Gasteiger partial charge in [-0.3, -0.25) is 9.59 Å². The van der Waals surface area contributed by atoms with Gasteiger partial charge in [-0.2, -0.15) is 0 Å². The lowest BCUT2D eigenvalue weighted by atomic mass is 10.00. The minimum Gasteiger partial charge on any atom is -0.369 e. The van der Waals surface area contributed by atoms with Gasteiger partial charge in [-0.1, -0.05) is 43.7 Å². The molecule has 0 heterocycles. The van der Waals surface area contributed by atoms with E-state index in [1.54, 1.807) is 0 Å². The van der Waals surface area contributed by atoms with Crippen molar-refractivity contribution in [3.05, 3.63) is 35.9 Å². The maximum atomic E-state index is 11.7. The molecule has 92 valence electrons. The van der Waals surface area contributed by atoms with Crippen LogP contribution in [0.4, 0.5) is 0 Å². The Morgan fingerprint density at radius 3 is 2.41 bits per heavy atom. The number of benzene rings is 1. The molecule has 2 N–H and O–H groups in total. The van der Waals surface area contributed by atoms with Crippen LogP contribution < -0.4 is 5.73 Å². The highest BCUT2D eigenvalue weighted by atomic mass is 16.1. The van der Waals surface area contributed by atoms with Gasteiger partial charge in [0.15, 0.2) is 5.78 Å². The molecule has 1 aromatic carbocycles. The van der Waals surface area contributed by atoms with Gasteiger partial charge >= 0.3 is 0 Å². The second-order valence-corrected chi connectivity index (χ2v) is 4.34.